The minimum Gasteiger partial charge on any atom is -0.444 e. The second kappa shape index (κ2) is 5.77. The molecular formula is C13H25N3O3. The van der Waals surface area contributed by atoms with Crippen LogP contribution in [0.5, 0.6) is 0 Å². The lowest BCUT2D eigenvalue weighted by atomic mass is 10.1. The summed E-state index contributed by atoms with van der Waals surface area (Å²) in [5.74, 6) is -0.0274. The zero-order chi connectivity index (χ0) is 14.8. The van der Waals surface area contributed by atoms with Crippen LogP contribution in [-0.4, -0.2) is 66.7 Å². The van der Waals surface area contributed by atoms with Crippen LogP contribution in [0.3, 0.4) is 0 Å². The largest absolute Gasteiger partial charge is 0.444 e. The van der Waals surface area contributed by atoms with Crippen molar-refractivity contribution in [1.29, 1.82) is 0 Å². The van der Waals surface area contributed by atoms with Gasteiger partial charge in [-0.1, -0.05) is 0 Å². The summed E-state index contributed by atoms with van der Waals surface area (Å²) in [5, 5.41) is 3.16. The summed E-state index contributed by atoms with van der Waals surface area (Å²) < 4.78 is 5.37. The van der Waals surface area contributed by atoms with Gasteiger partial charge >= 0.3 is 6.09 Å². The van der Waals surface area contributed by atoms with Gasteiger partial charge in [-0.3, -0.25) is 4.79 Å². The highest BCUT2D eigenvalue weighted by Gasteiger charge is 2.35. The second-order valence-corrected chi connectivity index (χ2v) is 6.18. The van der Waals surface area contributed by atoms with Gasteiger partial charge in [0.25, 0.3) is 0 Å². The first-order valence-corrected chi connectivity index (χ1v) is 6.56. The highest BCUT2D eigenvalue weighted by molar-refractivity contribution is 5.82. The fourth-order valence-corrected chi connectivity index (χ4v) is 1.92. The number of ether oxygens (including phenoxy) is 1. The summed E-state index contributed by atoms with van der Waals surface area (Å²) >= 11 is 0. The first-order chi connectivity index (χ1) is 8.61. The summed E-state index contributed by atoms with van der Waals surface area (Å²) in [4.78, 5) is 27.2. The van der Waals surface area contributed by atoms with E-state index in [4.69, 9.17) is 4.74 Å². The number of nitrogens with one attached hydrogen (secondary N) is 1. The van der Waals surface area contributed by atoms with Crippen molar-refractivity contribution >= 4 is 12.0 Å². The van der Waals surface area contributed by atoms with E-state index in [2.05, 4.69) is 5.32 Å². The molecule has 6 heteroatoms. The number of piperazine rings is 1. The van der Waals surface area contributed by atoms with Gasteiger partial charge in [-0.05, 0) is 27.7 Å². The Hall–Kier alpha value is -1.30. The minimum absolute atomic E-state index is 0.0149. The third kappa shape index (κ3) is 4.38. The van der Waals surface area contributed by atoms with Gasteiger partial charge in [-0.15, -0.1) is 0 Å². The third-order valence-electron chi connectivity index (χ3n) is 2.94. The highest BCUT2D eigenvalue weighted by Crippen LogP contribution is 2.15. The Kier molecular flexibility index (Phi) is 4.79. The summed E-state index contributed by atoms with van der Waals surface area (Å²) in [6.45, 7) is 8.37. The molecule has 1 fully saturated rings. The number of hydrogen-bond donors (Lipinski definition) is 1. The Labute approximate surface area is 115 Å². The molecule has 1 aliphatic heterocycles. The van der Waals surface area contributed by atoms with Gasteiger partial charge < -0.3 is 19.9 Å². The van der Waals surface area contributed by atoms with Crippen molar-refractivity contribution in [1.82, 2.24) is 15.1 Å². The molecule has 1 aliphatic rings. The van der Waals surface area contributed by atoms with Gasteiger partial charge in [0.15, 0.2) is 0 Å². The van der Waals surface area contributed by atoms with Gasteiger partial charge in [0.2, 0.25) is 5.91 Å². The molecule has 0 unspecified atom stereocenters. The van der Waals surface area contributed by atoms with Crippen molar-refractivity contribution in [3.63, 3.8) is 0 Å². The Morgan fingerprint density at radius 3 is 2.37 bits per heavy atom. The normalized spacial score (nSPS) is 24.0. The van der Waals surface area contributed by atoms with Crippen molar-refractivity contribution < 1.29 is 14.3 Å². The summed E-state index contributed by atoms with van der Waals surface area (Å²) in [5.41, 5.74) is -0.525. The lowest BCUT2D eigenvalue weighted by Crippen LogP contribution is -2.61. The highest BCUT2D eigenvalue weighted by atomic mass is 16.6. The Morgan fingerprint density at radius 2 is 1.89 bits per heavy atom. The van der Waals surface area contributed by atoms with E-state index in [1.807, 2.05) is 27.7 Å². The molecule has 2 atom stereocenters. The molecule has 0 aliphatic carbocycles. The zero-order valence-corrected chi connectivity index (χ0v) is 12.7. The number of amides is 2. The number of nitrogens with zero attached hydrogens (tertiary/aromatic N) is 2. The molecular weight excluding hydrogens is 246 g/mol. The smallest absolute Gasteiger partial charge is 0.410 e. The monoisotopic (exact) mass is 271 g/mol. The molecule has 0 spiro atoms. The predicted molar refractivity (Wildman–Crippen MR) is 72.9 cm³/mol. The average Bonchev–Trinajstić information content (AvgIpc) is 2.26. The molecule has 1 N–H and O–H groups in total. The minimum atomic E-state index is -0.525. The molecule has 1 heterocycles. The van der Waals surface area contributed by atoms with E-state index in [-0.39, 0.29) is 24.1 Å². The molecule has 110 valence electrons. The number of carbonyl (C=O) groups is 2. The summed E-state index contributed by atoms with van der Waals surface area (Å²) in [6.07, 6.45) is -0.363. The number of likely N-dealkylation sites (N-methyl/N-ethyl adjacent to an activating group) is 1. The Morgan fingerprint density at radius 1 is 1.32 bits per heavy atom. The molecule has 0 radical (unpaired) electrons. The van der Waals surface area contributed by atoms with Crippen LogP contribution in [0.25, 0.3) is 0 Å². The van der Waals surface area contributed by atoms with Crippen molar-refractivity contribution in [2.24, 2.45) is 0 Å². The van der Waals surface area contributed by atoms with Gasteiger partial charge in [-0.25, -0.2) is 4.79 Å². The van der Waals surface area contributed by atoms with E-state index < -0.39 is 5.60 Å². The van der Waals surface area contributed by atoms with Gasteiger partial charge in [0.05, 0.1) is 0 Å². The molecule has 0 aromatic carbocycles. The third-order valence-corrected chi connectivity index (χ3v) is 2.94. The first kappa shape index (κ1) is 15.8. The van der Waals surface area contributed by atoms with Crippen molar-refractivity contribution in [3.05, 3.63) is 0 Å². The van der Waals surface area contributed by atoms with Crippen LogP contribution >= 0.6 is 0 Å². The molecule has 2 amide bonds. The Balaban J connectivity index is 2.71. The summed E-state index contributed by atoms with van der Waals surface area (Å²) in [6, 6.07) is -0.347. The Bertz CT molecular complexity index is 350. The molecule has 1 saturated heterocycles. The SMILES string of the molecule is C[C@@H]1CN[C@@H](C(=O)N(C)C)CN1C(=O)OC(C)(C)C. The van der Waals surface area contributed by atoms with Crippen LogP contribution in [0.2, 0.25) is 0 Å². The van der Waals surface area contributed by atoms with Crippen molar-refractivity contribution in [3.8, 4) is 0 Å². The lowest BCUT2D eigenvalue weighted by Gasteiger charge is -2.39. The topological polar surface area (TPSA) is 61.9 Å². The summed E-state index contributed by atoms with van der Waals surface area (Å²) in [7, 11) is 3.42. The number of rotatable bonds is 1. The van der Waals surface area contributed by atoms with Crippen LogP contribution < -0.4 is 5.32 Å². The fourth-order valence-electron chi connectivity index (χ4n) is 1.92. The van der Waals surface area contributed by atoms with Gasteiger partial charge in [0.1, 0.15) is 11.6 Å². The number of carbonyl (C=O) groups excluding carboxylic acids is 2. The molecule has 0 bridgehead atoms. The lowest BCUT2D eigenvalue weighted by molar-refractivity contribution is -0.132. The fraction of sp³-hybridized carbons (Fsp3) is 0.846. The van der Waals surface area contributed by atoms with Crippen LogP contribution in [-0.2, 0) is 9.53 Å². The van der Waals surface area contributed by atoms with Crippen molar-refractivity contribution in [2.75, 3.05) is 27.2 Å². The molecule has 0 saturated carbocycles. The van der Waals surface area contributed by atoms with Gasteiger partial charge in [-0.2, -0.15) is 0 Å². The maximum Gasteiger partial charge on any atom is 0.410 e. The van der Waals surface area contributed by atoms with E-state index in [0.29, 0.717) is 13.1 Å². The quantitative estimate of drug-likeness (QED) is 0.761. The molecule has 6 nitrogen and oxygen atoms in total. The standard InChI is InChI=1S/C13H25N3O3/c1-9-7-14-10(11(17)15(5)6)8-16(9)12(18)19-13(2,3)4/h9-10,14H,7-8H2,1-6H3/t9-,10-/m1/s1. The van der Waals surface area contributed by atoms with E-state index in [9.17, 15) is 9.59 Å². The van der Waals surface area contributed by atoms with Crippen LogP contribution in [0.1, 0.15) is 27.7 Å². The van der Waals surface area contributed by atoms with E-state index >= 15 is 0 Å². The van der Waals surface area contributed by atoms with Crippen molar-refractivity contribution in [2.45, 2.75) is 45.4 Å². The van der Waals surface area contributed by atoms with Crippen LogP contribution in [0, 0.1) is 0 Å². The van der Waals surface area contributed by atoms with E-state index in [0.717, 1.165) is 0 Å². The van der Waals surface area contributed by atoms with Gasteiger partial charge in [0, 0.05) is 33.2 Å². The molecule has 0 aromatic rings. The first-order valence-electron chi connectivity index (χ1n) is 6.56. The maximum atomic E-state index is 12.1. The van der Waals surface area contributed by atoms with E-state index in [1.54, 1.807) is 19.0 Å². The maximum absolute atomic E-state index is 12.1. The van der Waals surface area contributed by atoms with Crippen LogP contribution in [0.15, 0.2) is 0 Å². The zero-order valence-electron chi connectivity index (χ0n) is 12.7. The molecule has 19 heavy (non-hydrogen) atoms. The molecule has 0 aromatic heterocycles. The predicted octanol–water partition coefficient (Wildman–Crippen LogP) is 0.672. The number of hydrogen-bond acceptors (Lipinski definition) is 4. The second-order valence-electron chi connectivity index (χ2n) is 6.18. The van der Waals surface area contributed by atoms with Crippen LogP contribution in [0.4, 0.5) is 4.79 Å². The average molecular weight is 271 g/mol. The van der Waals surface area contributed by atoms with E-state index in [1.165, 1.54) is 4.90 Å². The molecule has 1 rings (SSSR count).